The number of methoxy groups -OCH3 is 1. The van der Waals surface area contributed by atoms with Gasteiger partial charge in [-0.3, -0.25) is 9.69 Å². The van der Waals surface area contributed by atoms with Crippen LogP contribution in [-0.4, -0.2) is 38.0 Å². The summed E-state index contributed by atoms with van der Waals surface area (Å²) in [5, 5.41) is 0. The fourth-order valence-corrected chi connectivity index (χ4v) is 1.64. The van der Waals surface area contributed by atoms with Crippen molar-refractivity contribution in [2.45, 2.75) is 13.5 Å². The van der Waals surface area contributed by atoms with E-state index in [1.165, 1.54) is 11.1 Å². The molecule has 0 bridgehead atoms. The van der Waals surface area contributed by atoms with Gasteiger partial charge < -0.3 is 4.74 Å². The van der Waals surface area contributed by atoms with Gasteiger partial charge in [-0.2, -0.15) is 0 Å². The lowest BCUT2D eigenvalue weighted by Gasteiger charge is -2.16. The molecular weight excluding hydrogens is 202 g/mol. The van der Waals surface area contributed by atoms with E-state index in [4.69, 9.17) is 4.74 Å². The number of hydrogen-bond donors (Lipinski definition) is 0. The van der Waals surface area contributed by atoms with Crippen LogP contribution < -0.4 is 0 Å². The molecule has 88 valence electrons. The van der Waals surface area contributed by atoms with E-state index in [2.05, 4.69) is 19.1 Å². The lowest BCUT2D eigenvalue weighted by atomic mass is 10.1. The number of ketones is 1. The van der Waals surface area contributed by atoms with Gasteiger partial charge in [0.25, 0.3) is 0 Å². The zero-order valence-corrected chi connectivity index (χ0v) is 10.2. The van der Waals surface area contributed by atoms with Crippen LogP contribution in [0, 0.1) is 6.92 Å². The van der Waals surface area contributed by atoms with E-state index in [1.54, 1.807) is 7.11 Å². The number of rotatable bonds is 6. The highest BCUT2D eigenvalue weighted by atomic mass is 16.5. The molecule has 0 amide bonds. The number of ether oxygens (including phenoxy) is 1. The fourth-order valence-electron chi connectivity index (χ4n) is 1.64. The van der Waals surface area contributed by atoms with Crippen molar-refractivity contribution in [2.75, 3.05) is 27.3 Å². The van der Waals surface area contributed by atoms with Gasteiger partial charge in [-0.1, -0.05) is 24.3 Å². The molecule has 1 aromatic rings. The van der Waals surface area contributed by atoms with Gasteiger partial charge in [-0.25, -0.2) is 0 Å². The van der Waals surface area contributed by atoms with Gasteiger partial charge in [0.2, 0.25) is 0 Å². The lowest BCUT2D eigenvalue weighted by molar-refractivity contribution is -0.123. The Morgan fingerprint density at radius 2 is 2.06 bits per heavy atom. The van der Waals surface area contributed by atoms with Crippen LogP contribution >= 0.6 is 0 Å². The normalized spacial score (nSPS) is 10.8. The highest BCUT2D eigenvalue weighted by molar-refractivity contribution is 5.81. The monoisotopic (exact) mass is 221 g/mol. The number of Topliss-reactive ketones (excluding diaryl/α,β-unsaturated/α-hetero) is 1. The van der Waals surface area contributed by atoms with Crippen molar-refractivity contribution in [3.63, 3.8) is 0 Å². The highest BCUT2D eigenvalue weighted by Gasteiger charge is 2.07. The molecule has 0 unspecified atom stereocenters. The Balaban J connectivity index is 2.48. The van der Waals surface area contributed by atoms with Crippen LogP contribution in [0.5, 0.6) is 0 Å². The average Bonchev–Trinajstić information content (AvgIpc) is 2.21. The maximum Gasteiger partial charge on any atom is 0.172 e. The topological polar surface area (TPSA) is 29.5 Å². The molecular formula is C13H19NO2. The first-order chi connectivity index (χ1) is 7.63. The third-order valence-corrected chi connectivity index (χ3v) is 2.45. The molecule has 0 aliphatic carbocycles. The van der Waals surface area contributed by atoms with Crippen LogP contribution in [0.1, 0.15) is 11.1 Å². The maximum atomic E-state index is 11.4. The lowest BCUT2D eigenvalue weighted by Crippen LogP contribution is -2.28. The Morgan fingerprint density at radius 1 is 1.38 bits per heavy atom. The number of nitrogens with zero attached hydrogens (tertiary/aromatic N) is 1. The number of benzene rings is 1. The van der Waals surface area contributed by atoms with E-state index in [9.17, 15) is 4.79 Å². The zero-order valence-electron chi connectivity index (χ0n) is 10.2. The largest absolute Gasteiger partial charge is 0.377 e. The summed E-state index contributed by atoms with van der Waals surface area (Å²) in [5.41, 5.74) is 2.52. The van der Waals surface area contributed by atoms with Crippen LogP contribution in [0.25, 0.3) is 0 Å². The molecule has 0 saturated carbocycles. The van der Waals surface area contributed by atoms with Crippen LogP contribution in [-0.2, 0) is 16.1 Å². The minimum atomic E-state index is 0.110. The number of likely N-dealkylation sites (N-methyl/N-ethyl adjacent to an activating group) is 1. The molecule has 0 atom stereocenters. The third kappa shape index (κ3) is 4.13. The maximum absolute atomic E-state index is 11.4. The molecule has 0 N–H and O–H groups in total. The molecule has 1 rings (SSSR count). The van der Waals surface area contributed by atoms with Gasteiger partial charge in [-0.05, 0) is 25.1 Å². The average molecular weight is 221 g/mol. The predicted molar refractivity (Wildman–Crippen MR) is 64.4 cm³/mol. The summed E-state index contributed by atoms with van der Waals surface area (Å²) >= 11 is 0. The second kappa shape index (κ2) is 6.40. The Labute approximate surface area is 97.0 Å². The third-order valence-electron chi connectivity index (χ3n) is 2.45. The minimum absolute atomic E-state index is 0.110. The van der Waals surface area contributed by atoms with Crippen molar-refractivity contribution >= 4 is 5.78 Å². The van der Waals surface area contributed by atoms with Crippen LogP contribution in [0.2, 0.25) is 0 Å². The molecule has 3 nitrogen and oxygen atoms in total. The van der Waals surface area contributed by atoms with Crippen molar-refractivity contribution in [2.24, 2.45) is 0 Å². The second-order valence-corrected chi connectivity index (χ2v) is 4.07. The molecule has 0 radical (unpaired) electrons. The summed E-state index contributed by atoms with van der Waals surface area (Å²) in [7, 11) is 3.49. The summed E-state index contributed by atoms with van der Waals surface area (Å²) in [6, 6.07) is 8.22. The molecule has 0 spiro atoms. The Kier molecular flexibility index (Phi) is 5.15. The summed E-state index contributed by atoms with van der Waals surface area (Å²) in [4.78, 5) is 13.4. The highest BCUT2D eigenvalue weighted by Crippen LogP contribution is 2.09. The van der Waals surface area contributed by atoms with Gasteiger partial charge in [0, 0.05) is 13.7 Å². The molecule has 16 heavy (non-hydrogen) atoms. The number of carbonyl (C=O) groups excluding carboxylic acids is 1. The first kappa shape index (κ1) is 12.9. The van der Waals surface area contributed by atoms with Crippen molar-refractivity contribution in [3.05, 3.63) is 35.4 Å². The first-order valence-electron chi connectivity index (χ1n) is 5.37. The van der Waals surface area contributed by atoms with Crippen LogP contribution in [0.4, 0.5) is 0 Å². The molecule has 0 aliphatic heterocycles. The summed E-state index contributed by atoms with van der Waals surface area (Å²) in [6.45, 7) is 3.50. The van der Waals surface area contributed by atoms with E-state index in [0.29, 0.717) is 6.54 Å². The number of hydrogen-bond acceptors (Lipinski definition) is 3. The van der Waals surface area contributed by atoms with E-state index < -0.39 is 0 Å². The number of aryl methyl sites for hydroxylation is 1. The standard InChI is InChI=1S/C13H19NO2/c1-11-6-4-5-7-12(11)8-14(2)9-13(15)10-16-3/h4-7H,8-10H2,1-3H3. The molecule has 0 aromatic heterocycles. The molecule has 0 heterocycles. The fraction of sp³-hybridized carbons (Fsp3) is 0.462. The van der Waals surface area contributed by atoms with E-state index in [1.807, 2.05) is 24.1 Å². The Morgan fingerprint density at radius 3 is 2.69 bits per heavy atom. The number of carbonyl (C=O) groups is 1. The van der Waals surface area contributed by atoms with Gasteiger partial charge >= 0.3 is 0 Å². The molecule has 0 fully saturated rings. The van der Waals surface area contributed by atoms with Crippen LogP contribution in [0.15, 0.2) is 24.3 Å². The van der Waals surface area contributed by atoms with Crippen molar-refractivity contribution < 1.29 is 9.53 Å². The quantitative estimate of drug-likeness (QED) is 0.731. The van der Waals surface area contributed by atoms with Gasteiger partial charge in [0.1, 0.15) is 6.61 Å². The smallest absolute Gasteiger partial charge is 0.172 e. The molecule has 3 heteroatoms. The summed E-state index contributed by atoms with van der Waals surface area (Å²) in [6.07, 6.45) is 0. The molecule has 0 aliphatic rings. The zero-order chi connectivity index (χ0) is 12.0. The van der Waals surface area contributed by atoms with E-state index in [-0.39, 0.29) is 12.4 Å². The van der Waals surface area contributed by atoms with Crippen molar-refractivity contribution in [1.82, 2.24) is 4.90 Å². The Bertz CT molecular complexity index is 350. The van der Waals surface area contributed by atoms with Gasteiger partial charge in [-0.15, -0.1) is 0 Å². The van der Waals surface area contributed by atoms with Crippen LogP contribution in [0.3, 0.4) is 0 Å². The van der Waals surface area contributed by atoms with Crippen molar-refractivity contribution in [3.8, 4) is 0 Å². The van der Waals surface area contributed by atoms with Gasteiger partial charge in [0.15, 0.2) is 5.78 Å². The van der Waals surface area contributed by atoms with Crippen molar-refractivity contribution in [1.29, 1.82) is 0 Å². The molecule has 1 aromatic carbocycles. The minimum Gasteiger partial charge on any atom is -0.377 e. The van der Waals surface area contributed by atoms with E-state index in [0.717, 1.165) is 6.54 Å². The predicted octanol–water partition coefficient (Wildman–Crippen LogP) is 1.64. The molecule has 0 saturated heterocycles. The van der Waals surface area contributed by atoms with E-state index >= 15 is 0 Å². The first-order valence-corrected chi connectivity index (χ1v) is 5.37. The second-order valence-electron chi connectivity index (χ2n) is 4.07. The Hall–Kier alpha value is -1.19. The van der Waals surface area contributed by atoms with Gasteiger partial charge in [0.05, 0.1) is 6.54 Å². The summed E-state index contributed by atoms with van der Waals surface area (Å²) < 4.78 is 4.80. The SMILES string of the molecule is COCC(=O)CN(C)Cc1ccccc1C. The summed E-state index contributed by atoms with van der Waals surface area (Å²) in [5.74, 6) is 0.110.